The quantitative estimate of drug-likeness (QED) is 0.349. The van der Waals surface area contributed by atoms with E-state index >= 15 is 0 Å². The van der Waals surface area contributed by atoms with Crippen LogP contribution in [-0.2, 0) is 13.2 Å². The van der Waals surface area contributed by atoms with Gasteiger partial charge in [-0.05, 0) is 12.1 Å². The van der Waals surface area contributed by atoms with Gasteiger partial charge in [-0.3, -0.25) is 14.9 Å². The maximum atomic E-state index is 13.3. The molecule has 3 aromatic rings. The third kappa shape index (κ3) is 3.02. The van der Waals surface area contributed by atoms with Crippen molar-refractivity contribution in [1.82, 2.24) is 19.7 Å². The zero-order valence-corrected chi connectivity index (χ0v) is 13.9. The number of H-pyrrole nitrogens is 1. The van der Waals surface area contributed by atoms with Crippen molar-refractivity contribution in [3.8, 4) is 34.3 Å². The number of halogens is 3. The van der Waals surface area contributed by atoms with Gasteiger partial charge in [0.15, 0.2) is 17.4 Å². The predicted molar refractivity (Wildman–Crippen MR) is 87.5 cm³/mol. The van der Waals surface area contributed by atoms with Crippen LogP contribution in [0.1, 0.15) is 5.56 Å². The Morgan fingerprint density at radius 3 is 2.46 bits per heavy atom. The first-order chi connectivity index (χ1) is 13.0. The summed E-state index contributed by atoms with van der Waals surface area (Å²) >= 11 is 0. The highest BCUT2D eigenvalue weighted by molar-refractivity contribution is 5.70. The molecule has 0 bridgehead atoms. The van der Waals surface area contributed by atoms with Gasteiger partial charge >= 0.3 is 11.9 Å². The van der Waals surface area contributed by atoms with Gasteiger partial charge in [0.1, 0.15) is 0 Å². The number of nitrogens with one attached hydrogen (secondary N) is 1. The summed E-state index contributed by atoms with van der Waals surface area (Å²) in [5, 5.41) is 37.5. The Morgan fingerprint density at radius 2 is 1.86 bits per heavy atom. The lowest BCUT2D eigenvalue weighted by molar-refractivity contribution is -0.385. The van der Waals surface area contributed by atoms with Crippen LogP contribution in [0.25, 0.3) is 22.8 Å². The molecule has 0 radical (unpaired) electrons. The number of hydrogen-bond acceptors (Lipinski definition) is 7. The molecule has 0 fully saturated rings. The molecule has 0 atom stereocenters. The van der Waals surface area contributed by atoms with E-state index in [0.717, 1.165) is 22.9 Å². The SMILES string of the molecule is Cn1c(-c2cc(O)c(O)c([N+](=O)[O-])c2)nnc1-c1c(C(F)(F)F)cc[nH]c1=O. The van der Waals surface area contributed by atoms with E-state index in [9.17, 15) is 38.3 Å². The Hall–Kier alpha value is -3.90. The zero-order chi connectivity index (χ0) is 20.8. The van der Waals surface area contributed by atoms with Crippen LogP contribution in [0.15, 0.2) is 29.2 Å². The van der Waals surface area contributed by atoms with E-state index in [1.165, 1.54) is 7.05 Å². The average molecular weight is 397 g/mol. The van der Waals surface area contributed by atoms with Crippen LogP contribution < -0.4 is 5.56 Å². The summed E-state index contributed by atoms with van der Waals surface area (Å²) in [7, 11) is 1.24. The first kappa shape index (κ1) is 18.9. The maximum absolute atomic E-state index is 13.3. The van der Waals surface area contributed by atoms with Gasteiger partial charge in [0, 0.05) is 24.9 Å². The number of alkyl halides is 3. The fourth-order valence-electron chi connectivity index (χ4n) is 2.61. The number of aromatic nitrogens is 4. The van der Waals surface area contributed by atoms with E-state index < -0.39 is 50.8 Å². The number of aromatic amines is 1. The number of hydrogen-bond donors (Lipinski definition) is 3. The van der Waals surface area contributed by atoms with E-state index in [2.05, 4.69) is 15.2 Å². The van der Waals surface area contributed by atoms with Crippen molar-refractivity contribution in [3.63, 3.8) is 0 Å². The Kier molecular flexibility index (Phi) is 4.29. The summed E-state index contributed by atoms with van der Waals surface area (Å²) in [6.45, 7) is 0. The van der Waals surface area contributed by atoms with E-state index in [1.807, 2.05) is 0 Å². The van der Waals surface area contributed by atoms with E-state index in [-0.39, 0.29) is 11.4 Å². The normalized spacial score (nSPS) is 11.6. The van der Waals surface area contributed by atoms with Gasteiger partial charge in [-0.1, -0.05) is 0 Å². The van der Waals surface area contributed by atoms with Crippen molar-refractivity contribution in [3.05, 3.63) is 50.4 Å². The summed E-state index contributed by atoms with van der Waals surface area (Å²) in [4.78, 5) is 24.2. The molecule has 0 saturated heterocycles. The highest BCUT2D eigenvalue weighted by Gasteiger charge is 2.36. The largest absolute Gasteiger partial charge is 0.504 e. The summed E-state index contributed by atoms with van der Waals surface area (Å²) in [6, 6.07) is 2.46. The highest BCUT2D eigenvalue weighted by atomic mass is 19.4. The lowest BCUT2D eigenvalue weighted by Gasteiger charge is -2.11. The first-order valence-electron chi connectivity index (χ1n) is 7.41. The minimum atomic E-state index is -4.84. The Bertz CT molecular complexity index is 1150. The third-order valence-corrected chi connectivity index (χ3v) is 3.89. The fraction of sp³-hybridized carbons (Fsp3) is 0.133. The molecule has 0 saturated carbocycles. The topological polar surface area (TPSA) is 147 Å². The van der Waals surface area contributed by atoms with Crippen molar-refractivity contribution >= 4 is 5.69 Å². The van der Waals surface area contributed by atoms with Crippen LogP contribution in [0.2, 0.25) is 0 Å². The summed E-state index contributed by atoms with van der Waals surface area (Å²) in [5.41, 5.74) is -4.03. The number of pyridine rings is 1. The van der Waals surface area contributed by atoms with Gasteiger partial charge in [-0.25, -0.2) is 0 Å². The average Bonchev–Trinajstić information content (AvgIpc) is 2.97. The van der Waals surface area contributed by atoms with Gasteiger partial charge in [-0.2, -0.15) is 13.2 Å². The molecule has 3 rings (SSSR count). The summed E-state index contributed by atoms with van der Waals surface area (Å²) in [5.74, 6) is -2.43. The molecule has 13 heteroatoms. The smallest absolute Gasteiger partial charge is 0.417 e. The lowest BCUT2D eigenvalue weighted by atomic mass is 10.1. The molecule has 0 spiro atoms. The molecule has 0 unspecified atom stereocenters. The van der Waals surface area contributed by atoms with Gasteiger partial charge in [-0.15, -0.1) is 10.2 Å². The maximum Gasteiger partial charge on any atom is 0.417 e. The molecule has 28 heavy (non-hydrogen) atoms. The second kappa shape index (κ2) is 6.37. The highest BCUT2D eigenvalue weighted by Crippen LogP contribution is 2.40. The van der Waals surface area contributed by atoms with Crippen LogP contribution in [0.4, 0.5) is 18.9 Å². The second-order valence-electron chi connectivity index (χ2n) is 5.62. The number of nitro groups is 1. The molecule has 3 N–H and O–H groups in total. The molecule has 146 valence electrons. The lowest BCUT2D eigenvalue weighted by Crippen LogP contribution is -2.19. The van der Waals surface area contributed by atoms with E-state index in [4.69, 9.17) is 0 Å². The Balaban J connectivity index is 2.24. The molecule has 0 aliphatic rings. The van der Waals surface area contributed by atoms with Gasteiger partial charge in [0.05, 0.1) is 16.1 Å². The van der Waals surface area contributed by atoms with Crippen LogP contribution in [-0.4, -0.2) is 34.9 Å². The van der Waals surface area contributed by atoms with Crippen molar-refractivity contribution in [2.75, 3.05) is 0 Å². The minimum absolute atomic E-state index is 0.107. The standard InChI is InChI=1S/C15H10F3N5O5/c1-22-12(6-4-8(23(27)28)11(25)9(24)5-6)20-21-13(22)10-7(15(16,17)18)2-3-19-14(10)26/h2-5,24-25H,1H3,(H,19,26). The van der Waals surface area contributed by atoms with Crippen molar-refractivity contribution in [1.29, 1.82) is 0 Å². The molecule has 2 aromatic heterocycles. The minimum Gasteiger partial charge on any atom is -0.504 e. The monoisotopic (exact) mass is 397 g/mol. The molecule has 10 nitrogen and oxygen atoms in total. The van der Waals surface area contributed by atoms with Crippen LogP contribution >= 0.6 is 0 Å². The molecule has 0 aliphatic carbocycles. The number of nitro benzene ring substituents is 1. The van der Waals surface area contributed by atoms with Crippen molar-refractivity contribution in [2.45, 2.75) is 6.18 Å². The van der Waals surface area contributed by atoms with E-state index in [1.54, 1.807) is 0 Å². The van der Waals surface area contributed by atoms with Crippen LogP contribution in [0.3, 0.4) is 0 Å². The predicted octanol–water partition coefficient (Wildman–Crippen LogP) is 2.18. The van der Waals surface area contributed by atoms with Crippen molar-refractivity contribution in [2.24, 2.45) is 7.05 Å². The zero-order valence-electron chi connectivity index (χ0n) is 13.9. The fourth-order valence-corrected chi connectivity index (χ4v) is 2.61. The molecule has 0 amide bonds. The Labute approximate surface area is 152 Å². The number of benzene rings is 1. The van der Waals surface area contributed by atoms with Gasteiger partial charge in [0.25, 0.3) is 5.56 Å². The number of phenols is 2. The van der Waals surface area contributed by atoms with Crippen LogP contribution in [0, 0.1) is 10.1 Å². The van der Waals surface area contributed by atoms with Crippen LogP contribution in [0.5, 0.6) is 11.5 Å². The van der Waals surface area contributed by atoms with E-state index in [0.29, 0.717) is 6.07 Å². The van der Waals surface area contributed by atoms with Crippen molar-refractivity contribution < 1.29 is 28.3 Å². The molecule has 1 aromatic carbocycles. The third-order valence-electron chi connectivity index (χ3n) is 3.89. The number of phenolic OH excluding ortho intramolecular Hbond substituents is 2. The molecule has 2 heterocycles. The summed E-state index contributed by atoms with van der Waals surface area (Å²) < 4.78 is 40.8. The molecular formula is C15H10F3N5O5. The number of rotatable bonds is 3. The molecule has 0 aliphatic heterocycles. The Morgan fingerprint density at radius 1 is 1.21 bits per heavy atom. The number of nitrogens with zero attached hydrogens (tertiary/aromatic N) is 4. The second-order valence-corrected chi connectivity index (χ2v) is 5.62. The molecular weight excluding hydrogens is 387 g/mol. The number of aromatic hydroxyl groups is 2. The summed E-state index contributed by atoms with van der Waals surface area (Å²) in [6.07, 6.45) is -4.00. The van der Waals surface area contributed by atoms with Gasteiger partial charge < -0.3 is 19.8 Å². The first-order valence-corrected chi connectivity index (χ1v) is 7.41. The van der Waals surface area contributed by atoms with Gasteiger partial charge in [0.2, 0.25) is 5.75 Å².